The fraction of sp³-hybridized carbons (Fsp3) is 0.231. The summed E-state index contributed by atoms with van der Waals surface area (Å²) in [4.78, 5) is 1.23. The predicted molar refractivity (Wildman–Crippen MR) is 78.4 cm³/mol. The van der Waals surface area contributed by atoms with Crippen LogP contribution in [0.4, 0.5) is 0 Å². The van der Waals surface area contributed by atoms with Crippen molar-refractivity contribution < 1.29 is 4.42 Å². The summed E-state index contributed by atoms with van der Waals surface area (Å²) in [7, 11) is 0. The molecule has 0 spiro atoms. The normalized spacial score (nSPS) is 12.6. The van der Waals surface area contributed by atoms with Gasteiger partial charge in [-0.25, -0.2) is 0 Å². The average Bonchev–Trinajstić information content (AvgIpc) is 2.87. The topological polar surface area (TPSA) is 51.2 Å². The molecule has 0 saturated heterocycles. The number of rotatable bonds is 6. The first kappa shape index (κ1) is 13.7. The molecule has 0 aliphatic carbocycles. The van der Waals surface area contributed by atoms with E-state index < -0.39 is 0 Å². The molecule has 0 bridgehead atoms. The SMILES string of the molecule is NNC(CSc1cccc(Br)c1)Cc1ccco1. The van der Waals surface area contributed by atoms with Crippen molar-refractivity contribution in [3.8, 4) is 0 Å². The van der Waals surface area contributed by atoms with Crippen LogP contribution >= 0.6 is 27.7 Å². The lowest BCUT2D eigenvalue weighted by molar-refractivity contribution is 0.465. The zero-order valence-corrected chi connectivity index (χ0v) is 12.2. The van der Waals surface area contributed by atoms with Gasteiger partial charge in [0.25, 0.3) is 0 Å². The molecule has 1 aromatic carbocycles. The maximum atomic E-state index is 5.57. The highest BCUT2D eigenvalue weighted by molar-refractivity contribution is 9.10. The highest BCUT2D eigenvalue weighted by Crippen LogP contribution is 2.23. The third-order valence-electron chi connectivity index (χ3n) is 2.51. The molecular weight excluding hydrogens is 312 g/mol. The molecule has 0 amide bonds. The van der Waals surface area contributed by atoms with Gasteiger partial charge in [-0.3, -0.25) is 11.3 Å². The molecule has 3 N–H and O–H groups in total. The standard InChI is InChI=1S/C13H15BrN2OS/c14-10-3-1-5-13(7-10)18-9-11(16-15)8-12-4-2-6-17-12/h1-7,11,16H,8-9,15H2. The van der Waals surface area contributed by atoms with Gasteiger partial charge in [-0.05, 0) is 30.3 Å². The van der Waals surface area contributed by atoms with E-state index in [4.69, 9.17) is 10.3 Å². The molecule has 1 unspecified atom stereocenters. The second kappa shape index (κ2) is 6.99. The molecular formula is C13H15BrN2OS. The van der Waals surface area contributed by atoms with Crippen molar-refractivity contribution in [2.45, 2.75) is 17.4 Å². The van der Waals surface area contributed by atoms with E-state index in [1.54, 1.807) is 18.0 Å². The van der Waals surface area contributed by atoms with E-state index in [1.165, 1.54) is 4.90 Å². The fourth-order valence-electron chi connectivity index (χ4n) is 1.59. The Morgan fingerprint density at radius 3 is 2.89 bits per heavy atom. The quantitative estimate of drug-likeness (QED) is 0.486. The van der Waals surface area contributed by atoms with Gasteiger partial charge in [0.2, 0.25) is 0 Å². The number of furan rings is 1. The van der Waals surface area contributed by atoms with Crippen LogP contribution in [-0.4, -0.2) is 11.8 Å². The first-order chi connectivity index (χ1) is 8.78. The van der Waals surface area contributed by atoms with Crippen LogP contribution < -0.4 is 11.3 Å². The van der Waals surface area contributed by atoms with Crippen LogP contribution in [0.15, 0.2) is 56.4 Å². The van der Waals surface area contributed by atoms with Gasteiger partial charge in [0.15, 0.2) is 0 Å². The summed E-state index contributed by atoms with van der Waals surface area (Å²) in [6, 6.07) is 12.3. The van der Waals surface area contributed by atoms with Crippen LogP contribution in [0.2, 0.25) is 0 Å². The van der Waals surface area contributed by atoms with Gasteiger partial charge in [0.1, 0.15) is 5.76 Å². The number of nitrogens with two attached hydrogens (primary N) is 1. The molecule has 2 rings (SSSR count). The van der Waals surface area contributed by atoms with E-state index in [2.05, 4.69) is 33.5 Å². The van der Waals surface area contributed by atoms with Gasteiger partial charge in [-0.1, -0.05) is 22.0 Å². The largest absolute Gasteiger partial charge is 0.469 e. The minimum absolute atomic E-state index is 0.195. The van der Waals surface area contributed by atoms with Crippen LogP contribution in [-0.2, 0) is 6.42 Å². The fourth-order valence-corrected chi connectivity index (χ4v) is 3.13. The van der Waals surface area contributed by atoms with Gasteiger partial charge in [0, 0.05) is 27.6 Å². The van der Waals surface area contributed by atoms with Crippen molar-refractivity contribution in [2.24, 2.45) is 5.84 Å². The Kier molecular flexibility index (Phi) is 5.31. The Morgan fingerprint density at radius 1 is 1.33 bits per heavy atom. The Hall–Kier alpha value is -0.750. The summed E-state index contributed by atoms with van der Waals surface area (Å²) in [5, 5.41) is 0. The monoisotopic (exact) mass is 326 g/mol. The summed E-state index contributed by atoms with van der Waals surface area (Å²) in [5.41, 5.74) is 2.83. The number of thioether (sulfide) groups is 1. The van der Waals surface area contributed by atoms with Crippen molar-refractivity contribution in [3.05, 3.63) is 52.9 Å². The maximum Gasteiger partial charge on any atom is 0.105 e. The molecule has 2 aromatic rings. The summed E-state index contributed by atoms with van der Waals surface area (Å²) in [6.07, 6.45) is 2.48. The van der Waals surface area contributed by atoms with Gasteiger partial charge in [-0.2, -0.15) is 0 Å². The molecule has 18 heavy (non-hydrogen) atoms. The molecule has 96 valence electrons. The Balaban J connectivity index is 1.87. The van der Waals surface area contributed by atoms with E-state index in [-0.39, 0.29) is 6.04 Å². The van der Waals surface area contributed by atoms with Gasteiger partial charge in [0.05, 0.1) is 6.26 Å². The van der Waals surface area contributed by atoms with E-state index in [1.807, 2.05) is 24.3 Å². The minimum Gasteiger partial charge on any atom is -0.469 e. The van der Waals surface area contributed by atoms with E-state index in [9.17, 15) is 0 Å². The molecule has 0 saturated carbocycles. The number of hydrogen-bond acceptors (Lipinski definition) is 4. The third-order valence-corrected chi connectivity index (χ3v) is 4.16. The van der Waals surface area contributed by atoms with E-state index >= 15 is 0 Å². The molecule has 0 aliphatic rings. The van der Waals surface area contributed by atoms with E-state index in [0.717, 1.165) is 22.4 Å². The Labute approximate surface area is 119 Å². The van der Waals surface area contributed by atoms with E-state index in [0.29, 0.717) is 0 Å². The smallest absolute Gasteiger partial charge is 0.105 e. The number of halogens is 1. The van der Waals surface area contributed by atoms with Crippen molar-refractivity contribution in [3.63, 3.8) is 0 Å². The highest BCUT2D eigenvalue weighted by atomic mass is 79.9. The first-order valence-electron chi connectivity index (χ1n) is 5.65. The highest BCUT2D eigenvalue weighted by Gasteiger charge is 2.10. The maximum absolute atomic E-state index is 5.57. The summed E-state index contributed by atoms with van der Waals surface area (Å²) < 4.78 is 6.42. The van der Waals surface area contributed by atoms with Crippen molar-refractivity contribution in [1.29, 1.82) is 0 Å². The van der Waals surface area contributed by atoms with Crippen LogP contribution in [0, 0.1) is 0 Å². The van der Waals surface area contributed by atoms with Crippen molar-refractivity contribution >= 4 is 27.7 Å². The lowest BCUT2D eigenvalue weighted by atomic mass is 10.2. The zero-order chi connectivity index (χ0) is 12.8. The van der Waals surface area contributed by atoms with Gasteiger partial charge in [-0.15, -0.1) is 11.8 Å². The average molecular weight is 327 g/mol. The van der Waals surface area contributed by atoms with Crippen LogP contribution in [0.3, 0.4) is 0 Å². The lowest BCUT2D eigenvalue weighted by Gasteiger charge is -2.14. The predicted octanol–water partition coefficient (Wildman–Crippen LogP) is 3.21. The lowest BCUT2D eigenvalue weighted by Crippen LogP contribution is -2.38. The Morgan fingerprint density at radius 2 is 2.22 bits per heavy atom. The number of hydrazine groups is 1. The molecule has 1 atom stereocenters. The van der Waals surface area contributed by atoms with Gasteiger partial charge >= 0.3 is 0 Å². The molecule has 0 radical (unpaired) electrons. The third kappa shape index (κ3) is 4.17. The molecule has 1 aromatic heterocycles. The number of benzene rings is 1. The molecule has 0 fully saturated rings. The molecule has 0 aliphatic heterocycles. The molecule has 1 heterocycles. The van der Waals surface area contributed by atoms with Crippen molar-refractivity contribution in [2.75, 3.05) is 5.75 Å². The van der Waals surface area contributed by atoms with Gasteiger partial charge < -0.3 is 4.42 Å². The van der Waals surface area contributed by atoms with Crippen molar-refractivity contribution in [1.82, 2.24) is 5.43 Å². The Bertz CT molecular complexity index is 476. The summed E-state index contributed by atoms with van der Waals surface area (Å²) >= 11 is 5.24. The number of hydrogen-bond donors (Lipinski definition) is 2. The summed E-state index contributed by atoms with van der Waals surface area (Å²) in [5.74, 6) is 7.42. The number of nitrogens with one attached hydrogen (secondary N) is 1. The zero-order valence-electron chi connectivity index (χ0n) is 9.80. The molecule has 3 nitrogen and oxygen atoms in total. The van der Waals surface area contributed by atoms with Crippen LogP contribution in [0.1, 0.15) is 5.76 Å². The minimum atomic E-state index is 0.195. The second-order valence-electron chi connectivity index (χ2n) is 3.92. The van der Waals surface area contributed by atoms with Crippen LogP contribution in [0.5, 0.6) is 0 Å². The van der Waals surface area contributed by atoms with Crippen LogP contribution in [0.25, 0.3) is 0 Å². The second-order valence-corrected chi connectivity index (χ2v) is 5.92. The molecule has 5 heteroatoms. The first-order valence-corrected chi connectivity index (χ1v) is 7.42. The summed E-state index contributed by atoms with van der Waals surface area (Å²) in [6.45, 7) is 0.